The normalized spacial score (nSPS) is 10.5. The van der Waals surface area contributed by atoms with Gasteiger partial charge < -0.3 is 4.98 Å². The second kappa shape index (κ2) is 1.88. The first-order valence-electron chi connectivity index (χ1n) is 2.56. The maximum atomic E-state index is 5.59. The van der Waals surface area contributed by atoms with E-state index in [0.29, 0.717) is 16.3 Å². The molecule has 0 fully saturated rings. The van der Waals surface area contributed by atoms with Crippen LogP contribution in [0, 0.1) is 0 Å². The van der Waals surface area contributed by atoms with Crippen molar-refractivity contribution >= 4 is 22.8 Å². The summed E-state index contributed by atoms with van der Waals surface area (Å²) in [5.41, 5.74) is 1.18. The monoisotopic (exact) mass is 155 g/mol. The highest BCUT2D eigenvalue weighted by Gasteiger charge is 1.99. The molecule has 0 radical (unpaired) electrons. The van der Waals surface area contributed by atoms with Gasteiger partial charge in [-0.1, -0.05) is 11.6 Å². The summed E-state index contributed by atoms with van der Waals surface area (Å²) < 4.78 is 0. The molecule has 0 unspecified atom stereocenters. The van der Waals surface area contributed by atoms with Gasteiger partial charge in [-0.2, -0.15) is 0 Å². The van der Waals surface area contributed by atoms with Gasteiger partial charge in [0.25, 0.3) is 0 Å². The van der Waals surface area contributed by atoms with Crippen molar-refractivity contribution in [3.63, 3.8) is 0 Å². The molecule has 10 heavy (non-hydrogen) atoms. The lowest BCUT2D eigenvalue weighted by atomic mass is 10.6. The van der Waals surface area contributed by atoms with Crippen molar-refractivity contribution in [2.45, 2.75) is 0 Å². The topological polar surface area (TPSA) is 67.3 Å². The molecule has 2 heterocycles. The molecule has 0 saturated carbocycles. The van der Waals surface area contributed by atoms with Gasteiger partial charge in [0, 0.05) is 6.07 Å². The first-order chi connectivity index (χ1) is 4.86. The van der Waals surface area contributed by atoms with Gasteiger partial charge >= 0.3 is 0 Å². The van der Waals surface area contributed by atoms with Crippen molar-refractivity contribution in [1.82, 2.24) is 25.6 Å². The number of aromatic nitrogens is 5. The van der Waals surface area contributed by atoms with E-state index in [-0.39, 0.29) is 0 Å². The fourth-order valence-electron chi connectivity index (χ4n) is 0.687. The predicted molar refractivity (Wildman–Crippen MR) is 34.5 cm³/mol. The van der Waals surface area contributed by atoms with Gasteiger partial charge in [-0.3, -0.25) is 0 Å². The van der Waals surface area contributed by atoms with Crippen molar-refractivity contribution in [3.05, 3.63) is 11.2 Å². The Kier molecular flexibility index (Phi) is 1.04. The lowest BCUT2D eigenvalue weighted by Crippen LogP contribution is -1.89. The van der Waals surface area contributed by atoms with Gasteiger partial charge in [0.1, 0.15) is 10.7 Å². The molecule has 0 saturated heterocycles. The molecular weight excluding hydrogens is 154 g/mol. The molecule has 2 aromatic rings. The molecule has 0 aliphatic rings. The number of nitrogens with zero attached hydrogens (tertiary/aromatic N) is 4. The zero-order chi connectivity index (χ0) is 6.97. The van der Waals surface area contributed by atoms with Gasteiger partial charge in [-0.05, 0) is 10.4 Å². The molecule has 0 atom stereocenters. The molecule has 0 amide bonds. The molecule has 0 bridgehead atoms. The molecular formula is C4H2ClN5. The van der Waals surface area contributed by atoms with Gasteiger partial charge in [0.15, 0.2) is 5.65 Å². The zero-order valence-corrected chi connectivity index (χ0v) is 5.50. The van der Waals surface area contributed by atoms with Crippen molar-refractivity contribution in [2.75, 3.05) is 0 Å². The highest BCUT2D eigenvalue weighted by atomic mass is 35.5. The Labute approximate surface area is 60.4 Å². The van der Waals surface area contributed by atoms with E-state index in [1.807, 2.05) is 0 Å². The first-order valence-corrected chi connectivity index (χ1v) is 2.94. The van der Waals surface area contributed by atoms with Crippen LogP contribution >= 0.6 is 11.6 Å². The van der Waals surface area contributed by atoms with Crippen LogP contribution < -0.4 is 0 Å². The first kappa shape index (κ1) is 5.55. The van der Waals surface area contributed by atoms with E-state index in [2.05, 4.69) is 25.6 Å². The Hall–Kier alpha value is -1.23. The summed E-state index contributed by atoms with van der Waals surface area (Å²) in [5, 5.41) is 14.5. The van der Waals surface area contributed by atoms with E-state index in [9.17, 15) is 0 Å². The van der Waals surface area contributed by atoms with Gasteiger partial charge in [-0.15, -0.1) is 10.2 Å². The van der Waals surface area contributed by atoms with E-state index in [0.717, 1.165) is 0 Å². The number of H-pyrrole nitrogens is 1. The number of halogens is 1. The smallest absolute Gasteiger partial charge is 0.183 e. The summed E-state index contributed by atoms with van der Waals surface area (Å²) in [5.74, 6) is 0. The largest absolute Gasteiger partial charge is 0.327 e. The van der Waals surface area contributed by atoms with Crippen LogP contribution in [0.2, 0.25) is 5.15 Å². The molecule has 1 N–H and O–H groups in total. The van der Waals surface area contributed by atoms with Crippen molar-refractivity contribution in [1.29, 1.82) is 0 Å². The molecule has 5 nitrogen and oxygen atoms in total. The second-order valence-electron chi connectivity index (χ2n) is 1.73. The average Bonchev–Trinajstić information content (AvgIpc) is 2.27. The van der Waals surface area contributed by atoms with Crippen LogP contribution in [0.3, 0.4) is 0 Å². The number of fused-ring (bicyclic) bond motifs is 1. The number of rotatable bonds is 0. The van der Waals surface area contributed by atoms with Crippen LogP contribution in [0.5, 0.6) is 0 Å². The Morgan fingerprint density at radius 3 is 2.90 bits per heavy atom. The maximum Gasteiger partial charge on any atom is 0.183 e. The van der Waals surface area contributed by atoms with E-state index in [1.54, 1.807) is 6.07 Å². The third kappa shape index (κ3) is 0.714. The average molecular weight is 156 g/mol. The molecule has 0 aromatic carbocycles. The maximum absolute atomic E-state index is 5.59. The summed E-state index contributed by atoms with van der Waals surface area (Å²) >= 11 is 5.59. The van der Waals surface area contributed by atoms with Gasteiger partial charge in [0.05, 0.1) is 0 Å². The summed E-state index contributed by atoms with van der Waals surface area (Å²) in [4.78, 5) is 2.75. The Bertz CT molecular complexity index is 322. The minimum Gasteiger partial charge on any atom is -0.327 e. The van der Waals surface area contributed by atoms with Crippen LogP contribution in [-0.2, 0) is 0 Å². The number of aromatic amines is 1. The molecule has 0 spiro atoms. The Morgan fingerprint density at radius 1 is 1.30 bits per heavy atom. The summed E-state index contributed by atoms with van der Waals surface area (Å²) in [6, 6.07) is 1.64. The van der Waals surface area contributed by atoms with Crippen LogP contribution in [0.1, 0.15) is 0 Å². The SMILES string of the molecule is Clc1cc2nnnnc2[nH]1. The van der Waals surface area contributed by atoms with E-state index in [4.69, 9.17) is 11.6 Å². The lowest BCUT2D eigenvalue weighted by Gasteiger charge is -1.78. The highest BCUT2D eigenvalue weighted by molar-refractivity contribution is 6.30. The third-order valence-corrected chi connectivity index (χ3v) is 1.28. The quantitative estimate of drug-likeness (QED) is 0.598. The van der Waals surface area contributed by atoms with Gasteiger partial charge in [-0.25, -0.2) is 0 Å². The summed E-state index contributed by atoms with van der Waals surface area (Å²) in [6.45, 7) is 0. The Morgan fingerprint density at radius 2 is 2.10 bits per heavy atom. The zero-order valence-electron chi connectivity index (χ0n) is 4.74. The molecule has 50 valence electrons. The van der Waals surface area contributed by atoms with E-state index < -0.39 is 0 Å². The second-order valence-corrected chi connectivity index (χ2v) is 2.14. The predicted octanol–water partition coefficient (Wildman–Crippen LogP) is 0.401. The van der Waals surface area contributed by atoms with Crippen molar-refractivity contribution in [3.8, 4) is 0 Å². The third-order valence-electron chi connectivity index (χ3n) is 1.08. The van der Waals surface area contributed by atoms with Gasteiger partial charge in [0.2, 0.25) is 0 Å². The number of hydrogen-bond acceptors (Lipinski definition) is 4. The number of nitrogens with one attached hydrogen (secondary N) is 1. The van der Waals surface area contributed by atoms with Crippen LogP contribution in [0.4, 0.5) is 0 Å². The van der Waals surface area contributed by atoms with Crippen LogP contribution in [-0.4, -0.2) is 25.6 Å². The highest BCUT2D eigenvalue weighted by Crippen LogP contribution is 2.11. The molecule has 0 aliphatic carbocycles. The Balaban J connectivity index is 2.88. The minimum atomic E-state index is 0.491. The van der Waals surface area contributed by atoms with Crippen molar-refractivity contribution in [2.24, 2.45) is 0 Å². The molecule has 2 rings (SSSR count). The summed E-state index contributed by atoms with van der Waals surface area (Å²) in [6.07, 6.45) is 0. The fraction of sp³-hybridized carbons (Fsp3) is 0. The van der Waals surface area contributed by atoms with Crippen molar-refractivity contribution < 1.29 is 0 Å². The molecule has 0 aliphatic heterocycles. The fourth-order valence-corrected chi connectivity index (χ4v) is 0.880. The van der Waals surface area contributed by atoms with E-state index >= 15 is 0 Å². The lowest BCUT2D eigenvalue weighted by molar-refractivity contribution is 0.794. The number of hydrogen-bond donors (Lipinski definition) is 1. The molecule has 6 heteroatoms. The molecule has 2 aromatic heterocycles. The van der Waals surface area contributed by atoms with Crippen LogP contribution in [0.15, 0.2) is 6.07 Å². The van der Waals surface area contributed by atoms with Crippen LogP contribution in [0.25, 0.3) is 11.2 Å². The summed E-state index contributed by atoms with van der Waals surface area (Å²) in [7, 11) is 0. The van der Waals surface area contributed by atoms with E-state index in [1.165, 1.54) is 0 Å². The standard InChI is InChI=1S/C4H2ClN5/c5-3-1-2-4(6-3)8-10-9-7-2/h1H,(H,6,8,9). The minimum absolute atomic E-state index is 0.491.